The molecule has 19 heteroatoms. The van der Waals surface area contributed by atoms with Crippen LogP contribution >= 0.6 is 0 Å². The molecule has 23 heavy (non-hydrogen) atoms. The molecular weight excluding hydrogens is 324 g/mol. The molecule has 0 atom stereocenters. The number of rotatable bonds is 2. The highest BCUT2D eigenvalue weighted by Crippen LogP contribution is 2.07. The van der Waals surface area contributed by atoms with E-state index in [-0.39, 0.29) is 61.9 Å². The van der Waals surface area contributed by atoms with Gasteiger partial charge in [0.2, 0.25) is 23.3 Å². The lowest BCUT2D eigenvalue weighted by molar-refractivity contribution is 0.721. The molecule has 0 bridgehead atoms. The molecule has 0 aliphatic rings. The van der Waals surface area contributed by atoms with Crippen LogP contribution in [0.4, 0.5) is 0 Å². The first kappa shape index (κ1) is 24.5. The van der Waals surface area contributed by atoms with Crippen LogP contribution in [0, 0.1) is 10.4 Å². The summed E-state index contributed by atoms with van der Waals surface area (Å²) < 4.78 is 0. The van der Waals surface area contributed by atoms with E-state index < -0.39 is 0 Å². The van der Waals surface area contributed by atoms with E-state index in [1.165, 1.54) is 0 Å². The predicted molar refractivity (Wildman–Crippen MR) is 71.6 cm³/mol. The van der Waals surface area contributed by atoms with E-state index >= 15 is 0 Å². The zero-order chi connectivity index (χ0) is 12.5. The van der Waals surface area contributed by atoms with Crippen LogP contribution < -0.4 is 12.3 Å². The van der Waals surface area contributed by atoms with Crippen molar-refractivity contribution in [3.8, 4) is 23.3 Å². The van der Waals surface area contributed by atoms with E-state index in [1.807, 2.05) is 0 Å². The average Bonchev–Trinajstić information content (AvgIpc) is 2.98. The number of nitrogens with zero attached hydrogens (tertiary/aromatic N) is 12. The standard InChI is InChI=1S/C4N12O2.2H3N.3H2O/c17-15-11-3(9-13-15)1-5-7-2(8-6-1)4-10-14-16(18)12-4;;;;;/h;2*1H3;3*1H2/q-2;;;;;/p+2. The predicted octanol–water partition coefficient (Wildman–Crippen LogP) is -4.46. The highest BCUT2D eigenvalue weighted by Gasteiger charge is 2.12. The molecule has 0 aliphatic heterocycles. The van der Waals surface area contributed by atoms with E-state index in [9.17, 15) is 10.4 Å². The normalized spacial score (nSPS) is 8.35. The molecule has 3 aromatic rings. The Morgan fingerprint density at radius 3 is 1.04 bits per heavy atom. The molecule has 0 fully saturated rings. The second-order valence-electron chi connectivity index (χ2n) is 2.78. The van der Waals surface area contributed by atoms with Crippen molar-refractivity contribution >= 4 is 0 Å². The maximum Gasteiger partial charge on any atom is 0.245 e. The van der Waals surface area contributed by atoms with Gasteiger partial charge < -0.3 is 39.1 Å². The van der Waals surface area contributed by atoms with Crippen LogP contribution in [0.1, 0.15) is 0 Å². The third kappa shape index (κ3) is 4.76. The lowest BCUT2D eigenvalue weighted by Crippen LogP contribution is -2.01. The first-order valence-electron chi connectivity index (χ1n) is 4.25. The van der Waals surface area contributed by atoms with Gasteiger partial charge in [-0.05, 0) is 0 Å². The van der Waals surface area contributed by atoms with E-state index in [4.69, 9.17) is 0 Å². The Hall–Kier alpha value is -3.52. The van der Waals surface area contributed by atoms with Crippen LogP contribution in [0.2, 0.25) is 0 Å². The molecule has 0 radical (unpaired) electrons. The number of hydrogen-bond acceptors (Lipinski definition) is 12. The van der Waals surface area contributed by atoms with Gasteiger partial charge in [0.1, 0.15) is 0 Å². The first-order valence-corrected chi connectivity index (χ1v) is 4.25. The zero-order valence-corrected chi connectivity index (χ0v) is 11.7. The lowest BCUT2D eigenvalue weighted by Gasteiger charge is -1.95. The maximum atomic E-state index is 10.6. The summed E-state index contributed by atoms with van der Waals surface area (Å²) in [6.07, 6.45) is 0. The highest BCUT2D eigenvalue weighted by atomic mass is 16.5. The van der Waals surface area contributed by atoms with Crippen LogP contribution in [0.5, 0.6) is 0 Å². The van der Waals surface area contributed by atoms with Crippen molar-refractivity contribution in [1.82, 2.24) is 73.4 Å². The van der Waals surface area contributed by atoms with Crippen LogP contribution in [0.25, 0.3) is 23.3 Å². The van der Waals surface area contributed by atoms with Crippen LogP contribution in [0.15, 0.2) is 0 Å². The Kier molecular flexibility index (Phi) is 10.0. The summed E-state index contributed by atoms with van der Waals surface area (Å²) in [6, 6.07) is 0. The Balaban J connectivity index is -0.000000800. The van der Waals surface area contributed by atoms with Gasteiger partial charge >= 0.3 is 0 Å². The van der Waals surface area contributed by atoms with Gasteiger partial charge in [0, 0.05) is 0 Å². The summed E-state index contributed by atoms with van der Waals surface area (Å²) in [4.78, 5) is -0.00560. The summed E-state index contributed by atoms with van der Waals surface area (Å²) in [5.74, 6) is -0.459. The first-order chi connectivity index (χ1) is 8.72. The fourth-order valence-electron chi connectivity index (χ4n) is 0.991. The fraction of sp³-hybridized carbons (Fsp3) is 0. The molecule has 0 aromatic carbocycles. The number of hydrogen-bond donors (Lipinski definition) is 2. The van der Waals surface area contributed by atoms with Crippen molar-refractivity contribution < 1.29 is 16.4 Å². The fourth-order valence-corrected chi connectivity index (χ4v) is 0.991. The van der Waals surface area contributed by atoms with Gasteiger partial charge in [-0.3, -0.25) is 0 Å². The summed E-state index contributed by atoms with van der Waals surface area (Å²) in [6.45, 7) is 0. The van der Waals surface area contributed by atoms with Crippen molar-refractivity contribution in [3.05, 3.63) is 10.4 Å². The third-order valence-corrected chi connectivity index (χ3v) is 1.67. The van der Waals surface area contributed by atoms with Gasteiger partial charge in [0.05, 0.1) is 0 Å². The molecule has 14 N–H and O–H groups in total. The number of tetrazole rings is 2. The molecule has 0 saturated carbocycles. The molecule has 0 spiro atoms. The zero-order valence-electron chi connectivity index (χ0n) is 11.7. The summed E-state index contributed by atoms with van der Waals surface area (Å²) >= 11 is 0. The lowest BCUT2D eigenvalue weighted by atomic mass is 10.6. The second kappa shape index (κ2) is 9.42. The maximum absolute atomic E-state index is 10.6. The second-order valence-corrected chi connectivity index (χ2v) is 2.78. The summed E-state index contributed by atoms with van der Waals surface area (Å²) in [7, 11) is 0. The smallest absolute Gasteiger partial charge is 0.245 e. The van der Waals surface area contributed by atoms with E-state index in [1.54, 1.807) is 0 Å². The monoisotopic (exact) mass is 338 g/mol. The summed E-state index contributed by atoms with van der Waals surface area (Å²) in [5.41, 5.74) is 0. The van der Waals surface area contributed by atoms with Crippen molar-refractivity contribution in [2.24, 2.45) is 0 Å². The van der Waals surface area contributed by atoms with Crippen molar-refractivity contribution in [1.29, 1.82) is 0 Å². The molecule has 0 saturated heterocycles. The molecule has 3 aromatic heterocycles. The van der Waals surface area contributed by atoms with Crippen molar-refractivity contribution in [2.45, 2.75) is 0 Å². The Bertz CT molecular complexity index is 619. The third-order valence-electron chi connectivity index (χ3n) is 1.67. The SMILES string of the molecule is O.O.O.[NH4+].[NH4+].[O-]n1nnc(-c2nnc(-c3nnn([O-])n3)nn2)n1. The molecule has 3 rings (SSSR count). The number of aromatic nitrogens is 12. The highest BCUT2D eigenvalue weighted by molar-refractivity contribution is 5.42. The van der Waals surface area contributed by atoms with Crippen LogP contribution in [-0.2, 0) is 0 Å². The topological polar surface area (TPSA) is 352 Å². The average molecular weight is 338 g/mol. The number of quaternary nitrogens is 2. The minimum Gasteiger partial charge on any atom is -0.773 e. The van der Waals surface area contributed by atoms with Crippen molar-refractivity contribution in [2.75, 3.05) is 0 Å². The Morgan fingerprint density at radius 1 is 0.522 bits per heavy atom. The molecule has 130 valence electrons. The van der Waals surface area contributed by atoms with Gasteiger partial charge in [-0.1, -0.05) is 10.4 Å². The minimum atomic E-state index is -0.128. The Morgan fingerprint density at radius 2 is 0.826 bits per heavy atom. The van der Waals surface area contributed by atoms with E-state index in [0.29, 0.717) is 0 Å². The largest absolute Gasteiger partial charge is 0.773 e. The molecular formula is C4H14N14O5. The van der Waals surface area contributed by atoms with Gasteiger partial charge in [-0.2, -0.15) is 9.92 Å². The van der Waals surface area contributed by atoms with Crippen LogP contribution in [0.3, 0.4) is 0 Å². The summed E-state index contributed by atoms with van der Waals surface area (Å²) in [5, 5.41) is 55.1. The van der Waals surface area contributed by atoms with Gasteiger partial charge in [0.25, 0.3) is 0 Å². The van der Waals surface area contributed by atoms with E-state index in [0.717, 1.165) is 0 Å². The van der Waals surface area contributed by atoms with Gasteiger partial charge in [0.15, 0.2) is 0 Å². The van der Waals surface area contributed by atoms with E-state index in [2.05, 4.69) is 51.2 Å². The van der Waals surface area contributed by atoms with Gasteiger partial charge in [-0.25, -0.2) is 0 Å². The quantitative estimate of drug-likeness (QED) is 0.446. The molecule has 0 unspecified atom stereocenters. The Labute approximate surface area is 125 Å². The molecule has 3 heterocycles. The molecule has 0 amide bonds. The van der Waals surface area contributed by atoms with Crippen molar-refractivity contribution in [3.63, 3.8) is 0 Å². The van der Waals surface area contributed by atoms with Gasteiger partial charge in [-0.15, -0.1) is 40.8 Å². The van der Waals surface area contributed by atoms with Crippen LogP contribution in [-0.4, -0.2) is 77.6 Å². The molecule has 0 aliphatic carbocycles. The minimum absolute atomic E-state index is 0. The molecule has 19 nitrogen and oxygen atoms in total.